The molecule has 4 rings (SSSR count). The molecule has 0 aliphatic heterocycles. The third-order valence-electron chi connectivity index (χ3n) is 6.60. The van der Waals surface area contributed by atoms with Crippen molar-refractivity contribution in [2.75, 3.05) is 19.0 Å². The lowest BCUT2D eigenvalue weighted by Gasteiger charge is -2.33. The van der Waals surface area contributed by atoms with Crippen molar-refractivity contribution in [1.82, 2.24) is 0 Å². The minimum Gasteiger partial charge on any atom is -0.491 e. The summed E-state index contributed by atoms with van der Waals surface area (Å²) in [5.41, 5.74) is 3.56. The molecule has 190 valence electrons. The molecule has 0 radical (unpaired) electrons. The van der Waals surface area contributed by atoms with E-state index in [-0.39, 0.29) is 11.3 Å². The molecule has 36 heavy (non-hydrogen) atoms. The first-order valence-corrected chi connectivity index (χ1v) is 13.5. The van der Waals surface area contributed by atoms with Crippen LogP contribution in [0.15, 0.2) is 47.5 Å². The van der Waals surface area contributed by atoms with Crippen molar-refractivity contribution in [3.05, 3.63) is 69.1 Å². The Morgan fingerprint density at radius 1 is 1.25 bits per heavy atom. The number of thiophene rings is 1. The van der Waals surface area contributed by atoms with Crippen LogP contribution in [0.3, 0.4) is 0 Å². The van der Waals surface area contributed by atoms with Gasteiger partial charge in [0.25, 0.3) is 5.91 Å². The highest BCUT2D eigenvalue weighted by Crippen LogP contribution is 2.45. The summed E-state index contributed by atoms with van der Waals surface area (Å²) in [5, 5.41) is 4.23. The minimum absolute atomic E-state index is 0.122. The van der Waals surface area contributed by atoms with Gasteiger partial charge in [-0.15, -0.1) is 11.3 Å². The van der Waals surface area contributed by atoms with E-state index in [0.29, 0.717) is 39.6 Å². The van der Waals surface area contributed by atoms with Gasteiger partial charge >= 0.3 is 0 Å². The van der Waals surface area contributed by atoms with Crippen LogP contribution in [0, 0.1) is 11.3 Å². The number of nitrogens with one attached hydrogen (secondary N) is 1. The minimum atomic E-state index is -0.122. The normalized spacial score (nSPS) is 15.6. The number of carbonyl (C=O) groups excluding carboxylic acids is 1. The SMILES string of the molecule is CCOc1cc(C=Nc2sc3c(c2C(=O)Nc2ccccc2)CC[C@H](C(C)(C)C)C3)cc(Cl)c1OC. The van der Waals surface area contributed by atoms with Crippen LogP contribution in [0.2, 0.25) is 5.02 Å². The molecule has 0 spiro atoms. The van der Waals surface area contributed by atoms with E-state index in [1.54, 1.807) is 30.7 Å². The van der Waals surface area contributed by atoms with Crippen molar-refractivity contribution in [3.63, 3.8) is 0 Å². The largest absolute Gasteiger partial charge is 0.491 e. The van der Waals surface area contributed by atoms with E-state index in [2.05, 4.69) is 26.1 Å². The van der Waals surface area contributed by atoms with E-state index >= 15 is 0 Å². The average molecular weight is 525 g/mol. The number of ether oxygens (including phenoxy) is 2. The summed E-state index contributed by atoms with van der Waals surface area (Å²) < 4.78 is 11.1. The van der Waals surface area contributed by atoms with Gasteiger partial charge in [-0.05, 0) is 72.9 Å². The van der Waals surface area contributed by atoms with Gasteiger partial charge in [0, 0.05) is 16.8 Å². The number of para-hydroxylation sites is 1. The van der Waals surface area contributed by atoms with Crippen LogP contribution in [0.4, 0.5) is 10.7 Å². The van der Waals surface area contributed by atoms with Crippen LogP contribution in [0.5, 0.6) is 11.5 Å². The molecule has 0 saturated carbocycles. The molecule has 1 aliphatic rings. The Morgan fingerprint density at radius 3 is 2.67 bits per heavy atom. The Morgan fingerprint density at radius 2 is 2.00 bits per heavy atom. The predicted octanol–water partition coefficient (Wildman–Crippen LogP) is 7.96. The second-order valence-electron chi connectivity index (χ2n) is 10.0. The number of amides is 1. The maximum atomic E-state index is 13.5. The molecule has 2 aromatic carbocycles. The molecule has 1 amide bonds. The lowest BCUT2D eigenvalue weighted by molar-refractivity contribution is 0.102. The Balaban J connectivity index is 1.72. The first-order valence-electron chi connectivity index (χ1n) is 12.3. The van der Waals surface area contributed by atoms with Gasteiger partial charge < -0.3 is 14.8 Å². The molecule has 0 bridgehead atoms. The van der Waals surface area contributed by atoms with E-state index in [0.717, 1.165) is 36.1 Å². The monoisotopic (exact) mass is 524 g/mol. The van der Waals surface area contributed by atoms with Gasteiger partial charge in [0.1, 0.15) is 5.00 Å². The van der Waals surface area contributed by atoms with Crippen molar-refractivity contribution < 1.29 is 14.3 Å². The summed E-state index contributed by atoms with van der Waals surface area (Å²) in [5.74, 6) is 1.51. The third kappa shape index (κ3) is 5.76. The van der Waals surface area contributed by atoms with Gasteiger partial charge in [0.2, 0.25) is 0 Å². The molecule has 7 heteroatoms. The van der Waals surface area contributed by atoms with Gasteiger partial charge in [-0.1, -0.05) is 50.6 Å². The molecule has 0 saturated heterocycles. The second-order valence-corrected chi connectivity index (χ2v) is 11.5. The number of benzene rings is 2. The molecule has 3 aromatic rings. The predicted molar refractivity (Wildman–Crippen MR) is 150 cm³/mol. The second kappa shape index (κ2) is 11.1. The highest BCUT2D eigenvalue weighted by atomic mass is 35.5. The van der Waals surface area contributed by atoms with Crippen molar-refractivity contribution in [2.45, 2.75) is 47.0 Å². The Labute approximate surface area is 222 Å². The summed E-state index contributed by atoms with van der Waals surface area (Å²) in [6, 6.07) is 13.2. The number of anilines is 1. The molecular formula is C29H33ClN2O3S. The van der Waals surface area contributed by atoms with Gasteiger partial charge in [-0.2, -0.15) is 0 Å². The number of aliphatic imine (C=N–C) groups is 1. The van der Waals surface area contributed by atoms with E-state index in [9.17, 15) is 4.79 Å². The Kier molecular flexibility index (Phi) is 8.06. The quantitative estimate of drug-likeness (QED) is 0.319. The number of fused-ring (bicyclic) bond motifs is 1. The maximum absolute atomic E-state index is 13.5. The zero-order valence-electron chi connectivity index (χ0n) is 21.5. The van der Waals surface area contributed by atoms with Gasteiger partial charge in [-0.25, -0.2) is 4.99 Å². The first kappa shape index (κ1) is 26.2. The number of hydrogen-bond acceptors (Lipinski definition) is 5. The molecule has 1 heterocycles. The molecule has 1 atom stereocenters. The number of rotatable bonds is 7. The summed E-state index contributed by atoms with van der Waals surface area (Å²) in [4.78, 5) is 19.6. The average Bonchev–Trinajstić information content (AvgIpc) is 3.21. The lowest BCUT2D eigenvalue weighted by Crippen LogP contribution is -2.27. The molecule has 0 unspecified atom stereocenters. The number of methoxy groups -OCH3 is 1. The fourth-order valence-electron chi connectivity index (χ4n) is 4.61. The third-order valence-corrected chi connectivity index (χ3v) is 8.04. The van der Waals surface area contributed by atoms with E-state index in [4.69, 9.17) is 26.1 Å². The summed E-state index contributed by atoms with van der Waals surface area (Å²) in [6.45, 7) is 9.28. The number of halogens is 1. The zero-order chi connectivity index (χ0) is 25.9. The molecule has 5 nitrogen and oxygen atoms in total. The van der Waals surface area contributed by atoms with Crippen molar-refractivity contribution in [2.24, 2.45) is 16.3 Å². The van der Waals surface area contributed by atoms with Crippen LogP contribution in [-0.2, 0) is 12.8 Å². The summed E-state index contributed by atoms with van der Waals surface area (Å²) in [7, 11) is 1.57. The first-order chi connectivity index (χ1) is 17.2. The molecule has 1 aromatic heterocycles. The van der Waals surface area contributed by atoms with Crippen molar-refractivity contribution in [3.8, 4) is 11.5 Å². The van der Waals surface area contributed by atoms with Crippen molar-refractivity contribution in [1.29, 1.82) is 0 Å². The van der Waals surface area contributed by atoms with E-state index < -0.39 is 0 Å². The lowest BCUT2D eigenvalue weighted by atomic mass is 9.72. The van der Waals surface area contributed by atoms with E-state index in [1.807, 2.05) is 43.3 Å². The number of nitrogens with zero attached hydrogens (tertiary/aromatic N) is 1. The van der Waals surface area contributed by atoms with E-state index in [1.165, 1.54) is 4.88 Å². The zero-order valence-corrected chi connectivity index (χ0v) is 23.1. The smallest absolute Gasteiger partial charge is 0.259 e. The number of hydrogen-bond donors (Lipinski definition) is 1. The molecule has 0 fully saturated rings. The van der Waals surface area contributed by atoms with Crippen LogP contribution in [-0.4, -0.2) is 25.8 Å². The molecule has 1 N–H and O–H groups in total. The van der Waals surface area contributed by atoms with Gasteiger partial charge in [0.15, 0.2) is 11.5 Å². The molecule has 1 aliphatic carbocycles. The summed E-state index contributed by atoms with van der Waals surface area (Å²) >= 11 is 8.06. The standard InChI is InChI=1S/C29H33ClN2O3S/c1-6-35-23-15-18(14-22(30)26(23)34-5)17-31-28-25(27(33)32-20-10-8-7-9-11-20)21-13-12-19(29(2,3)4)16-24(21)36-28/h7-11,14-15,17,19H,6,12-13,16H2,1-5H3,(H,32,33)/t19-/m0/s1. The van der Waals surface area contributed by atoms with Crippen LogP contribution in [0.1, 0.15) is 60.5 Å². The highest BCUT2D eigenvalue weighted by Gasteiger charge is 2.33. The topological polar surface area (TPSA) is 59.9 Å². The van der Waals surface area contributed by atoms with Gasteiger partial charge in [0.05, 0.1) is 24.3 Å². The fraction of sp³-hybridized carbons (Fsp3) is 0.379. The van der Waals surface area contributed by atoms with Crippen LogP contribution < -0.4 is 14.8 Å². The maximum Gasteiger partial charge on any atom is 0.259 e. The number of carbonyl (C=O) groups is 1. The highest BCUT2D eigenvalue weighted by molar-refractivity contribution is 7.16. The van der Waals surface area contributed by atoms with Crippen LogP contribution in [0.25, 0.3) is 0 Å². The summed E-state index contributed by atoms with van der Waals surface area (Å²) in [6.07, 6.45) is 4.65. The van der Waals surface area contributed by atoms with Crippen molar-refractivity contribution >= 4 is 45.7 Å². The molecular weight excluding hydrogens is 492 g/mol. The Bertz CT molecular complexity index is 1260. The Hall–Kier alpha value is -2.83. The fourth-order valence-corrected chi connectivity index (χ4v) is 6.17. The van der Waals surface area contributed by atoms with Crippen LogP contribution >= 0.6 is 22.9 Å². The van der Waals surface area contributed by atoms with Gasteiger partial charge in [-0.3, -0.25) is 4.79 Å².